The summed E-state index contributed by atoms with van der Waals surface area (Å²) in [4.78, 5) is 34.0. The largest absolute Gasteiger partial charge is 0.334 e. The lowest BCUT2D eigenvalue weighted by Crippen LogP contribution is -2.41. The van der Waals surface area contributed by atoms with Gasteiger partial charge in [-0.05, 0) is 70.4 Å². The van der Waals surface area contributed by atoms with Crippen LogP contribution in [0.15, 0.2) is 101 Å². The molecule has 4 heterocycles. The lowest BCUT2D eigenvalue weighted by Gasteiger charge is -2.30. The van der Waals surface area contributed by atoms with Crippen LogP contribution in [0.3, 0.4) is 0 Å². The molecule has 3 aromatic heterocycles. The molecule has 1 amide bonds. The van der Waals surface area contributed by atoms with Gasteiger partial charge >= 0.3 is 0 Å². The number of nitrogens with zero attached hydrogens (tertiary/aromatic N) is 6. The van der Waals surface area contributed by atoms with Gasteiger partial charge in [-0.1, -0.05) is 41.9 Å². The summed E-state index contributed by atoms with van der Waals surface area (Å²) >= 11 is 9.68. The van der Waals surface area contributed by atoms with Crippen LogP contribution in [0.4, 0.5) is 0 Å². The number of benzene rings is 3. The van der Waals surface area contributed by atoms with E-state index in [-0.39, 0.29) is 18.0 Å². The zero-order valence-corrected chi connectivity index (χ0v) is 25.6. The van der Waals surface area contributed by atoms with Crippen molar-refractivity contribution in [1.29, 1.82) is 0 Å². The normalized spacial score (nSPS) is 13.0. The lowest BCUT2D eigenvalue weighted by molar-refractivity contribution is 0.0729. The highest BCUT2D eigenvalue weighted by Crippen LogP contribution is 2.28. The maximum Gasteiger partial charge on any atom is 0.261 e. The Morgan fingerprint density at radius 3 is 2.56 bits per heavy atom. The van der Waals surface area contributed by atoms with E-state index in [2.05, 4.69) is 33.0 Å². The minimum absolute atomic E-state index is 0.0964. The van der Waals surface area contributed by atoms with E-state index in [1.54, 1.807) is 33.9 Å². The molecule has 1 aliphatic heterocycles. The van der Waals surface area contributed by atoms with Crippen LogP contribution in [0.5, 0.6) is 0 Å². The SMILES string of the molecule is Cn1ccnc1-c1ccc(-n2c(=O)c3c(n4ncc(Cc5ccccc5)c24)CN(C(=O)c2ccc(Br)c(Cl)c2)CC3)cc1. The second-order valence-corrected chi connectivity index (χ2v) is 11.9. The Labute approximate surface area is 260 Å². The van der Waals surface area contributed by atoms with Crippen molar-refractivity contribution in [1.82, 2.24) is 28.6 Å². The topological polar surface area (TPSA) is 77.4 Å². The number of imidazole rings is 1. The van der Waals surface area contributed by atoms with Gasteiger partial charge in [-0.15, -0.1) is 0 Å². The van der Waals surface area contributed by atoms with Crippen LogP contribution in [0.1, 0.15) is 32.7 Å². The van der Waals surface area contributed by atoms with Crippen molar-refractivity contribution in [3.05, 3.63) is 139 Å². The van der Waals surface area contributed by atoms with Gasteiger partial charge in [0.1, 0.15) is 11.5 Å². The minimum Gasteiger partial charge on any atom is -0.334 e. The average Bonchev–Trinajstić information content (AvgIpc) is 3.65. The number of hydrogen-bond donors (Lipinski definition) is 0. The fraction of sp³-hybridized carbons (Fsp3) is 0.152. The molecule has 7 rings (SSSR count). The van der Waals surface area contributed by atoms with Gasteiger partial charge in [0.15, 0.2) is 0 Å². The number of hydrogen-bond acceptors (Lipinski definition) is 4. The molecule has 214 valence electrons. The van der Waals surface area contributed by atoms with Crippen LogP contribution in [-0.2, 0) is 26.4 Å². The lowest BCUT2D eigenvalue weighted by atomic mass is 10.0. The first-order chi connectivity index (χ1) is 20.9. The average molecular weight is 654 g/mol. The summed E-state index contributed by atoms with van der Waals surface area (Å²) in [5.41, 5.74) is 6.21. The molecule has 0 saturated carbocycles. The molecule has 43 heavy (non-hydrogen) atoms. The van der Waals surface area contributed by atoms with Crippen molar-refractivity contribution >= 4 is 39.1 Å². The molecule has 6 aromatic rings. The van der Waals surface area contributed by atoms with Crippen LogP contribution >= 0.6 is 27.5 Å². The van der Waals surface area contributed by atoms with Crippen molar-refractivity contribution in [2.24, 2.45) is 7.05 Å². The van der Waals surface area contributed by atoms with Crippen molar-refractivity contribution in [3.63, 3.8) is 0 Å². The summed E-state index contributed by atoms with van der Waals surface area (Å²) in [7, 11) is 1.95. The van der Waals surface area contributed by atoms with Gasteiger partial charge in [0.25, 0.3) is 11.5 Å². The zero-order valence-electron chi connectivity index (χ0n) is 23.2. The molecule has 0 atom stereocenters. The van der Waals surface area contributed by atoms with Crippen LogP contribution in [0.2, 0.25) is 5.02 Å². The molecule has 0 radical (unpaired) electrons. The van der Waals surface area contributed by atoms with Crippen molar-refractivity contribution in [2.45, 2.75) is 19.4 Å². The van der Waals surface area contributed by atoms with Crippen LogP contribution < -0.4 is 5.56 Å². The molecule has 8 nitrogen and oxygen atoms in total. The second kappa shape index (κ2) is 11.0. The number of carbonyl (C=O) groups excluding carboxylic acids is 1. The summed E-state index contributed by atoms with van der Waals surface area (Å²) in [5.74, 6) is 0.708. The maximum absolute atomic E-state index is 14.3. The fourth-order valence-corrected chi connectivity index (χ4v) is 6.21. The molecule has 0 saturated heterocycles. The predicted octanol–water partition coefficient (Wildman–Crippen LogP) is 6.09. The first-order valence-corrected chi connectivity index (χ1v) is 15.1. The molecule has 1 aliphatic rings. The molecule has 0 spiro atoms. The van der Waals surface area contributed by atoms with Crippen LogP contribution in [0.25, 0.3) is 22.7 Å². The quantitative estimate of drug-likeness (QED) is 0.226. The smallest absolute Gasteiger partial charge is 0.261 e. The Bertz CT molecular complexity index is 2060. The molecule has 10 heteroatoms. The van der Waals surface area contributed by atoms with Gasteiger partial charge < -0.3 is 9.47 Å². The van der Waals surface area contributed by atoms with Crippen molar-refractivity contribution in [2.75, 3.05) is 6.54 Å². The fourth-order valence-electron chi connectivity index (χ4n) is 5.78. The minimum atomic E-state index is -0.140. The number of amides is 1. The Balaban J connectivity index is 1.35. The van der Waals surface area contributed by atoms with E-state index in [9.17, 15) is 9.59 Å². The zero-order chi connectivity index (χ0) is 29.7. The van der Waals surface area contributed by atoms with Gasteiger partial charge in [0, 0.05) is 59.1 Å². The predicted molar refractivity (Wildman–Crippen MR) is 170 cm³/mol. The van der Waals surface area contributed by atoms with Crippen molar-refractivity contribution in [3.8, 4) is 17.1 Å². The molecule has 0 fully saturated rings. The number of carbonyl (C=O) groups is 1. The van der Waals surface area contributed by atoms with Crippen LogP contribution in [0, 0.1) is 0 Å². The highest BCUT2D eigenvalue weighted by Gasteiger charge is 2.29. The Morgan fingerprint density at radius 1 is 1.05 bits per heavy atom. The van der Waals surface area contributed by atoms with E-state index in [1.165, 1.54) is 0 Å². The van der Waals surface area contributed by atoms with E-state index in [4.69, 9.17) is 16.7 Å². The number of rotatable bonds is 5. The molecule has 0 aliphatic carbocycles. The summed E-state index contributed by atoms with van der Waals surface area (Å²) < 4.78 is 6.29. The Kier molecular flexibility index (Phi) is 6.99. The van der Waals surface area contributed by atoms with Gasteiger partial charge in [-0.3, -0.25) is 14.2 Å². The third kappa shape index (κ3) is 4.88. The van der Waals surface area contributed by atoms with E-state index in [0.717, 1.165) is 38.4 Å². The first kappa shape index (κ1) is 27.4. The van der Waals surface area contributed by atoms with Gasteiger partial charge in [0.2, 0.25) is 0 Å². The number of aromatic nitrogens is 5. The van der Waals surface area contributed by atoms with Crippen molar-refractivity contribution < 1.29 is 4.79 Å². The summed E-state index contributed by atoms with van der Waals surface area (Å²) in [6.07, 6.45) is 6.52. The second-order valence-electron chi connectivity index (χ2n) is 10.6. The molecular formula is C33H26BrClN6O2. The third-order valence-corrected chi connectivity index (χ3v) is 9.19. The van der Waals surface area contributed by atoms with E-state index >= 15 is 0 Å². The number of halogens is 2. The molecule has 3 aromatic carbocycles. The van der Waals surface area contributed by atoms with E-state index < -0.39 is 0 Å². The third-order valence-electron chi connectivity index (χ3n) is 7.96. The monoisotopic (exact) mass is 652 g/mol. The maximum atomic E-state index is 14.3. The highest BCUT2D eigenvalue weighted by molar-refractivity contribution is 9.10. The number of fused-ring (bicyclic) bond motifs is 3. The molecular weight excluding hydrogens is 628 g/mol. The summed E-state index contributed by atoms with van der Waals surface area (Å²) in [5, 5.41) is 5.27. The van der Waals surface area contributed by atoms with E-state index in [1.807, 2.05) is 71.0 Å². The van der Waals surface area contributed by atoms with Gasteiger partial charge in [-0.25, -0.2) is 9.50 Å². The number of aryl methyl sites for hydroxylation is 1. The Hall–Kier alpha value is -4.47. The molecule has 0 unspecified atom stereocenters. The summed E-state index contributed by atoms with van der Waals surface area (Å²) in [6.45, 7) is 0.676. The molecule has 0 N–H and O–H groups in total. The standard InChI is InChI=1S/C33H26BrClN6O2/c1-38-16-14-36-30(38)22-7-10-25(11-8-22)40-31-24(17-21-5-3-2-4-6-21)19-37-41(31)29-20-39(15-13-26(29)33(40)43)32(42)23-9-12-27(34)28(35)18-23/h2-12,14,16,18-19H,13,15,17,20H2,1H3. The first-order valence-electron chi connectivity index (χ1n) is 13.9. The van der Waals surface area contributed by atoms with E-state index in [0.29, 0.717) is 41.2 Å². The highest BCUT2D eigenvalue weighted by atomic mass is 79.9. The Morgan fingerprint density at radius 2 is 1.84 bits per heavy atom. The summed E-state index contributed by atoms with van der Waals surface area (Å²) in [6, 6.07) is 23.2. The van der Waals surface area contributed by atoms with Crippen LogP contribution in [-0.4, -0.2) is 41.1 Å². The van der Waals surface area contributed by atoms with Gasteiger partial charge in [-0.2, -0.15) is 5.10 Å². The molecule has 0 bridgehead atoms. The van der Waals surface area contributed by atoms with Gasteiger partial charge in [0.05, 0.1) is 29.1 Å².